The molecule has 0 spiro atoms. The second-order valence-corrected chi connectivity index (χ2v) is 8.04. The first-order valence-electron chi connectivity index (χ1n) is 8.45. The SMILES string of the molecule is Cc1nc(C)c(C#N)c(SCC(=O)N(Cc2ccccc2)C(C)(C)C)n1. The molecule has 5 nitrogen and oxygen atoms in total. The van der Waals surface area contributed by atoms with Crippen molar-refractivity contribution in [2.45, 2.75) is 51.7 Å². The molecule has 0 saturated heterocycles. The van der Waals surface area contributed by atoms with Crippen molar-refractivity contribution in [1.82, 2.24) is 14.9 Å². The molecule has 0 aliphatic heterocycles. The molecule has 2 aromatic rings. The first-order valence-corrected chi connectivity index (χ1v) is 9.43. The Morgan fingerprint density at radius 1 is 1.19 bits per heavy atom. The van der Waals surface area contributed by atoms with Crippen LogP contribution in [0.1, 0.15) is 43.4 Å². The number of carbonyl (C=O) groups excluding carboxylic acids is 1. The van der Waals surface area contributed by atoms with E-state index < -0.39 is 0 Å². The van der Waals surface area contributed by atoms with Crippen LogP contribution in [0.2, 0.25) is 0 Å². The smallest absolute Gasteiger partial charge is 0.233 e. The molecule has 0 aliphatic rings. The van der Waals surface area contributed by atoms with Crippen molar-refractivity contribution >= 4 is 17.7 Å². The van der Waals surface area contributed by atoms with Gasteiger partial charge in [-0.3, -0.25) is 4.79 Å². The summed E-state index contributed by atoms with van der Waals surface area (Å²) >= 11 is 1.30. The normalized spacial score (nSPS) is 11.1. The van der Waals surface area contributed by atoms with Crippen LogP contribution in [0.4, 0.5) is 0 Å². The molecule has 0 atom stereocenters. The van der Waals surface area contributed by atoms with E-state index in [-0.39, 0.29) is 17.2 Å². The Labute approximate surface area is 159 Å². The van der Waals surface area contributed by atoms with Crippen LogP contribution in [0.25, 0.3) is 0 Å². The zero-order chi connectivity index (χ0) is 19.3. The Morgan fingerprint density at radius 2 is 1.85 bits per heavy atom. The summed E-state index contributed by atoms with van der Waals surface area (Å²) in [4.78, 5) is 23.3. The van der Waals surface area contributed by atoms with Crippen LogP contribution in [0.3, 0.4) is 0 Å². The predicted octanol–water partition coefficient (Wildman–Crippen LogP) is 3.88. The number of hydrogen-bond acceptors (Lipinski definition) is 5. The molecule has 0 unspecified atom stereocenters. The van der Waals surface area contributed by atoms with Crippen LogP contribution >= 0.6 is 11.8 Å². The quantitative estimate of drug-likeness (QED) is 0.591. The third kappa shape index (κ3) is 5.06. The molecule has 1 aromatic carbocycles. The maximum atomic E-state index is 12.9. The molecule has 1 amide bonds. The third-order valence-electron chi connectivity index (χ3n) is 3.91. The van der Waals surface area contributed by atoms with Gasteiger partial charge in [0, 0.05) is 12.1 Å². The topological polar surface area (TPSA) is 69.9 Å². The zero-order valence-corrected chi connectivity index (χ0v) is 16.7. The van der Waals surface area contributed by atoms with Gasteiger partial charge >= 0.3 is 0 Å². The maximum absolute atomic E-state index is 12.9. The van der Waals surface area contributed by atoms with E-state index in [2.05, 4.69) is 16.0 Å². The summed E-state index contributed by atoms with van der Waals surface area (Å²) in [5, 5.41) is 9.92. The van der Waals surface area contributed by atoms with Crippen molar-refractivity contribution in [3.8, 4) is 6.07 Å². The largest absolute Gasteiger partial charge is 0.333 e. The van der Waals surface area contributed by atoms with E-state index in [0.29, 0.717) is 28.7 Å². The Bertz CT molecular complexity index is 822. The number of hydrogen-bond donors (Lipinski definition) is 0. The number of aryl methyl sites for hydroxylation is 2. The number of nitrogens with zero attached hydrogens (tertiary/aromatic N) is 4. The number of rotatable bonds is 5. The molecule has 2 rings (SSSR count). The van der Waals surface area contributed by atoms with Gasteiger partial charge in [0.25, 0.3) is 0 Å². The third-order valence-corrected chi connectivity index (χ3v) is 4.87. The van der Waals surface area contributed by atoms with Crippen molar-refractivity contribution in [1.29, 1.82) is 5.26 Å². The van der Waals surface area contributed by atoms with Crippen molar-refractivity contribution < 1.29 is 4.79 Å². The molecular formula is C20H24N4OS. The lowest BCUT2D eigenvalue weighted by molar-refractivity contribution is -0.133. The van der Waals surface area contributed by atoms with Crippen LogP contribution in [0.5, 0.6) is 0 Å². The van der Waals surface area contributed by atoms with Crippen molar-refractivity contribution in [2.24, 2.45) is 0 Å². The van der Waals surface area contributed by atoms with Crippen LogP contribution < -0.4 is 0 Å². The highest BCUT2D eigenvalue weighted by Gasteiger charge is 2.27. The second kappa shape index (κ2) is 8.33. The second-order valence-electron chi connectivity index (χ2n) is 7.07. The summed E-state index contributed by atoms with van der Waals surface area (Å²) in [5.41, 5.74) is 1.88. The van der Waals surface area contributed by atoms with E-state index in [1.54, 1.807) is 13.8 Å². The molecule has 136 valence electrons. The molecule has 0 aliphatic carbocycles. The van der Waals surface area contributed by atoms with Crippen LogP contribution in [-0.4, -0.2) is 32.1 Å². The number of thioether (sulfide) groups is 1. The van der Waals surface area contributed by atoms with Gasteiger partial charge in [0.1, 0.15) is 22.5 Å². The zero-order valence-electron chi connectivity index (χ0n) is 15.9. The van der Waals surface area contributed by atoms with E-state index in [1.807, 2.05) is 56.0 Å². The van der Waals surface area contributed by atoms with Gasteiger partial charge in [0.15, 0.2) is 0 Å². The van der Waals surface area contributed by atoms with E-state index in [9.17, 15) is 10.1 Å². The Hall–Kier alpha value is -2.39. The fraction of sp³-hybridized carbons (Fsp3) is 0.400. The Balaban J connectivity index is 2.17. The van der Waals surface area contributed by atoms with Gasteiger partial charge in [-0.25, -0.2) is 9.97 Å². The molecule has 1 aromatic heterocycles. The van der Waals surface area contributed by atoms with Gasteiger partial charge in [-0.15, -0.1) is 0 Å². The van der Waals surface area contributed by atoms with E-state index in [1.165, 1.54) is 11.8 Å². The van der Waals surface area contributed by atoms with Gasteiger partial charge in [0.2, 0.25) is 5.91 Å². The molecule has 0 bridgehead atoms. The summed E-state index contributed by atoms with van der Waals surface area (Å²) in [6.07, 6.45) is 0. The van der Waals surface area contributed by atoms with Crippen LogP contribution in [0.15, 0.2) is 35.4 Å². The van der Waals surface area contributed by atoms with Gasteiger partial charge in [-0.1, -0.05) is 42.1 Å². The van der Waals surface area contributed by atoms with Gasteiger partial charge in [-0.05, 0) is 40.2 Å². The van der Waals surface area contributed by atoms with Crippen molar-refractivity contribution in [3.63, 3.8) is 0 Å². The molecule has 0 radical (unpaired) electrons. The molecule has 26 heavy (non-hydrogen) atoms. The van der Waals surface area contributed by atoms with Crippen molar-refractivity contribution in [3.05, 3.63) is 53.0 Å². The fourth-order valence-electron chi connectivity index (χ4n) is 2.59. The average molecular weight is 369 g/mol. The summed E-state index contributed by atoms with van der Waals surface area (Å²) in [5.74, 6) is 0.854. The minimum Gasteiger partial charge on any atom is -0.333 e. The Kier molecular flexibility index (Phi) is 6.38. The molecular weight excluding hydrogens is 344 g/mol. The lowest BCUT2D eigenvalue weighted by Crippen LogP contribution is -2.45. The van der Waals surface area contributed by atoms with Crippen LogP contribution in [-0.2, 0) is 11.3 Å². The fourth-order valence-corrected chi connectivity index (χ4v) is 3.54. The number of carbonyl (C=O) groups is 1. The van der Waals surface area contributed by atoms with E-state index in [4.69, 9.17) is 0 Å². The number of benzene rings is 1. The van der Waals surface area contributed by atoms with Gasteiger partial charge < -0.3 is 4.90 Å². The van der Waals surface area contributed by atoms with Crippen molar-refractivity contribution in [2.75, 3.05) is 5.75 Å². The summed E-state index contributed by atoms with van der Waals surface area (Å²) in [6.45, 7) is 10.2. The first kappa shape index (κ1) is 19.9. The van der Waals surface area contributed by atoms with E-state index in [0.717, 1.165) is 5.56 Å². The monoisotopic (exact) mass is 368 g/mol. The van der Waals surface area contributed by atoms with Gasteiger partial charge in [0.05, 0.1) is 11.4 Å². The summed E-state index contributed by atoms with van der Waals surface area (Å²) < 4.78 is 0. The highest BCUT2D eigenvalue weighted by molar-refractivity contribution is 8.00. The summed E-state index contributed by atoms with van der Waals surface area (Å²) in [7, 11) is 0. The number of amides is 1. The first-order chi connectivity index (χ1) is 12.2. The standard InChI is InChI=1S/C20H24N4OS/c1-14-17(11-21)19(23-15(2)22-14)26-13-18(25)24(20(3,4)5)12-16-9-7-6-8-10-16/h6-10H,12-13H2,1-5H3. The highest BCUT2D eigenvalue weighted by atomic mass is 32.2. The molecule has 0 saturated carbocycles. The molecule has 1 heterocycles. The lowest BCUT2D eigenvalue weighted by Gasteiger charge is -2.36. The summed E-state index contributed by atoms with van der Waals surface area (Å²) in [6, 6.07) is 12.1. The molecule has 6 heteroatoms. The maximum Gasteiger partial charge on any atom is 0.233 e. The number of aromatic nitrogens is 2. The Morgan fingerprint density at radius 3 is 2.42 bits per heavy atom. The molecule has 0 fully saturated rings. The van der Waals surface area contributed by atoms with Crippen LogP contribution in [0, 0.1) is 25.2 Å². The predicted molar refractivity (Wildman–Crippen MR) is 104 cm³/mol. The minimum absolute atomic E-state index is 0.0177. The highest BCUT2D eigenvalue weighted by Crippen LogP contribution is 2.25. The number of nitriles is 1. The van der Waals surface area contributed by atoms with Gasteiger partial charge in [-0.2, -0.15) is 5.26 Å². The molecule has 0 N–H and O–H groups in total. The lowest BCUT2D eigenvalue weighted by atomic mass is 10.0. The van der Waals surface area contributed by atoms with E-state index >= 15 is 0 Å². The average Bonchev–Trinajstić information content (AvgIpc) is 2.57. The minimum atomic E-state index is -0.303.